The van der Waals surface area contributed by atoms with E-state index < -0.39 is 0 Å². The van der Waals surface area contributed by atoms with Gasteiger partial charge in [0, 0.05) is 17.0 Å². The number of hydrogen-bond donors (Lipinski definition) is 0. The van der Waals surface area contributed by atoms with Crippen molar-refractivity contribution in [2.45, 2.75) is 71.1 Å². The van der Waals surface area contributed by atoms with Gasteiger partial charge in [-0.15, -0.1) is 9.36 Å². The van der Waals surface area contributed by atoms with Crippen LogP contribution in [0.5, 0.6) is 0 Å². The normalized spacial score (nSPS) is 28.7. The summed E-state index contributed by atoms with van der Waals surface area (Å²) in [6, 6.07) is 2.15. The number of nitrogens with zero attached hydrogens (tertiary/aromatic N) is 4. The van der Waals surface area contributed by atoms with Gasteiger partial charge < -0.3 is 34.0 Å². The number of rotatable bonds is 0. The first-order valence-electron chi connectivity index (χ1n) is 8.71. The predicted octanol–water partition coefficient (Wildman–Crippen LogP) is -4.24. The monoisotopic (exact) mass is 456 g/mol. The molecule has 1 saturated carbocycles. The lowest BCUT2D eigenvalue weighted by Crippen LogP contribution is -3.00. The minimum absolute atomic E-state index is 0. The zero-order chi connectivity index (χ0) is 15.1. The molecule has 2 aromatic heterocycles. The average Bonchev–Trinajstić information content (AvgIpc) is 3.13. The van der Waals surface area contributed by atoms with Crippen molar-refractivity contribution in [1.29, 1.82) is 0 Å². The third-order valence-electron chi connectivity index (χ3n) is 7.20. The van der Waals surface area contributed by atoms with E-state index in [0.29, 0.717) is 10.8 Å². The first-order chi connectivity index (χ1) is 10.5. The Morgan fingerprint density at radius 3 is 2.62 bits per heavy atom. The number of fused-ring (bicyclic) bond motifs is 8. The van der Waals surface area contributed by atoms with E-state index in [9.17, 15) is 0 Å². The summed E-state index contributed by atoms with van der Waals surface area (Å²) in [6.45, 7) is 11.8. The zero-order valence-electron chi connectivity index (χ0n) is 14.7. The molecule has 1 fully saturated rings. The average molecular weight is 458 g/mol. The van der Waals surface area contributed by atoms with Gasteiger partial charge in [0.05, 0.1) is 11.9 Å². The summed E-state index contributed by atoms with van der Waals surface area (Å²) in [6.07, 6.45) is 9.60. The molecule has 0 amide bonds. The molecule has 2 atom stereocenters. The largest absolute Gasteiger partial charge is 1.00 e. The molecule has 2 aliphatic carbocycles. The molecule has 5 rings (SSSR count). The fraction of sp³-hybridized carbons (Fsp3) is 0.667. The highest BCUT2D eigenvalue weighted by Crippen LogP contribution is 2.67. The maximum Gasteiger partial charge on any atom is 0.199 e. The minimum Gasteiger partial charge on any atom is -1.00 e. The molecule has 2 aromatic rings. The molecule has 1 aliphatic heterocycles. The number of halogens is 2. The van der Waals surface area contributed by atoms with Gasteiger partial charge in [0.25, 0.3) is 0 Å². The van der Waals surface area contributed by atoms with Gasteiger partial charge in [-0.2, -0.15) is 9.36 Å². The summed E-state index contributed by atoms with van der Waals surface area (Å²) in [7, 11) is 0. The maximum absolute atomic E-state index is 2.61. The molecule has 0 radical (unpaired) electrons. The number of hydrogen-bond acceptors (Lipinski definition) is 0. The van der Waals surface area contributed by atoms with E-state index in [1.807, 2.05) is 0 Å². The Bertz CT molecular complexity index is 776. The first kappa shape index (κ1) is 18.2. The van der Waals surface area contributed by atoms with Crippen LogP contribution >= 0.6 is 0 Å². The standard InChI is InChI=1S/C18H26N4.2BrH/c1-17(2)15-5-6-18(17,3)16-14(15)13-21-10-9-19-7-4-8-20(19)11-12-22(16)21;;/h4,7-8,13,15H,5-6,9-12H2,1-3H3;2*1H/q+2;;/p-2/t15-,18+;;/m0../s1. The second-order valence-electron chi connectivity index (χ2n) is 8.18. The van der Waals surface area contributed by atoms with E-state index in [1.54, 1.807) is 11.3 Å². The van der Waals surface area contributed by atoms with Crippen LogP contribution in [0.25, 0.3) is 0 Å². The van der Waals surface area contributed by atoms with Crippen LogP contribution < -0.4 is 43.3 Å². The first-order valence-corrected chi connectivity index (χ1v) is 8.71. The van der Waals surface area contributed by atoms with E-state index in [-0.39, 0.29) is 34.0 Å². The van der Waals surface area contributed by atoms with E-state index in [4.69, 9.17) is 0 Å². The topological polar surface area (TPSA) is 17.6 Å². The smallest absolute Gasteiger partial charge is 0.199 e. The highest BCUT2D eigenvalue weighted by atomic mass is 79.9. The molecule has 6 heteroatoms. The molecule has 2 bridgehead atoms. The van der Waals surface area contributed by atoms with Gasteiger partial charge in [-0.1, -0.05) is 20.8 Å². The van der Waals surface area contributed by atoms with Crippen molar-refractivity contribution in [2.75, 3.05) is 0 Å². The fourth-order valence-corrected chi connectivity index (χ4v) is 5.54. The third-order valence-corrected chi connectivity index (χ3v) is 7.20. The second-order valence-corrected chi connectivity index (χ2v) is 8.18. The molecular weight excluding hydrogens is 432 g/mol. The molecule has 0 N–H and O–H groups in total. The lowest BCUT2D eigenvalue weighted by atomic mass is 9.70. The van der Waals surface area contributed by atoms with Crippen molar-refractivity contribution in [1.82, 2.24) is 9.36 Å². The Morgan fingerprint density at radius 2 is 1.83 bits per heavy atom. The molecule has 132 valence electrons. The Balaban J connectivity index is 0.000000845. The van der Waals surface area contributed by atoms with Gasteiger partial charge in [-0.25, -0.2) is 0 Å². The van der Waals surface area contributed by atoms with Crippen molar-refractivity contribution < 1.29 is 43.3 Å². The summed E-state index contributed by atoms with van der Waals surface area (Å²) in [5.74, 6) is 0.757. The van der Waals surface area contributed by atoms with Gasteiger partial charge in [0.1, 0.15) is 13.1 Å². The summed E-state index contributed by atoms with van der Waals surface area (Å²) in [5.41, 5.74) is 4.06. The van der Waals surface area contributed by atoms with Gasteiger partial charge in [0.2, 0.25) is 0 Å². The Kier molecular flexibility index (Phi) is 4.31. The Morgan fingerprint density at radius 1 is 1.08 bits per heavy atom. The van der Waals surface area contributed by atoms with E-state index in [2.05, 4.69) is 64.2 Å². The van der Waals surface area contributed by atoms with Crippen molar-refractivity contribution in [3.63, 3.8) is 0 Å². The number of aryl methyl sites for hydroxylation is 3. The maximum atomic E-state index is 2.61. The van der Waals surface area contributed by atoms with Crippen molar-refractivity contribution in [2.24, 2.45) is 5.41 Å². The van der Waals surface area contributed by atoms with Gasteiger partial charge in [0.15, 0.2) is 25.5 Å². The minimum atomic E-state index is 0. The molecule has 3 aliphatic rings. The molecule has 0 spiro atoms. The van der Waals surface area contributed by atoms with Crippen LogP contribution in [-0.2, 0) is 31.6 Å². The highest BCUT2D eigenvalue weighted by Gasteiger charge is 2.63. The van der Waals surface area contributed by atoms with Gasteiger partial charge in [-0.3, -0.25) is 0 Å². The van der Waals surface area contributed by atoms with Gasteiger partial charge >= 0.3 is 0 Å². The van der Waals surface area contributed by atoms with Crippen LogP contribution in [0.1, 0.15) is 50.8 Å². The van der Waals surface area contributed by atoms with Crippen LogP contribution in [0, 0.1) is 5.41 Å². The van der Waals surface area contributed by atoms with Crippen LogP contribution in [0.3, 0.4) is 0 Å². The summed E-state index contributed by atoms with van der Waals surface area (Å²) in [4.78, 5) is 0. The lowest BCUT2D eigenvalue weighted by Gasteiger charge is -2.35. The lowest BCUT2D eigenvalue weighted by molar-refractivity contribution is -0.825. The van der Waals surface area contributed by atoms with Gasteiger partial charge in [-0.05, 0) is 24.2 Å². The molecular formula is C18H26Br2N4. The third kappa shape index (κ3) is 2.02. The molecule has 3 heterocycles. The Hall–Kier alpha value is -0.620. The molecule has 24 heavy (non-hydrogen) atoms. The summed E-state index contributed by atoms with van der Waals surface area (Å²) in [5, 5.41) is 0. The van der Waals surface area contributed by atoms with Crippen molar-refractivity contribution in [3.8, 4) is 0 Å². The number of aromatic nitrogens is 4. The van der Waals surface area contributed by atoms with Crippen LogP contribution in [-0.4, -0.2) is 9.36 Å². The molecule has 0 saturated heterocycles. The summed E-state index contributed by atoms with van der Waals surface area (Å²) < 4.78 is 9.81. The SMILES string of the molecule is CC1(C)[C@H]2CC[C@]1(C)c1c2c[n+]2n1CC[n+]1cccn1CC2.[Br-].[Br-]. The van der Waals surface area contributed by atoms with E-state index >= 15 is 0 Å². The van der Waals surface area contributed by atoms with Crippen LogP contribution in [0.4, 0.5) is 0 Å². The Labute approximate surface area is 165 Å². The van der Waals surface area contributed by atoms with Crippen LogP contribution in [0.15, 0.2) is 24.7 Å². The van der Waals surface area contributed by atoms with E-state index in [0.717, 1.165) is 32.1 Å². The van der Waals surface area contributed by atoms with Crippen molar-refractivity contribution in [3.05, 3.63) is 35.9 Å². The molecule has 0 aromatic carbocycles. The molecule has 0 unspecified atom stereocenters. The van der Waals surface area contributed by atoms with E-state index in [1.165, 1.54) is 12.8 Å². The zero-order valence-corrected chi connectivity index (χ0v) is 17.8. The predicted molar refractivity (Wildman–Crippen MR) is 82.4 cm³/mol. The summed E-state index contributed by atoms with van der Waals surface area (Å²) >= 11 is 0. The highest BCUT2D eigenvalue weighted by molar-refractivity contribution is 5.43. The van der Waals surface area contributed by atoms with Crippen molar-refractivity contribution >= 4 is 0 Å². The quantitative estimate of drug-likeness (QED) is 0.357. The second kappa shape index (κ2) is 5.70. The molecule has 4 nitrogen and oxygen atoms in total. The van der Waals surface area contributed by atoms with Crippen LogP contribution in [0.2, 0.25) is 0 Å². The fourth-order valence-electron chi connectivity index (χ4n) is 5.54.